The Bertz CT molecular complexity index is 768. The van der Waals surface area contributed by atoms with Crippen LogP contribution in [0.25, 0.3) is 0 Å². The number of hydrogen-bond donors (Lipinski definition) is 1. The van der Waals surface area contributed by atoms with E-state index in [0.717, 1.165) is 36.2 Å². The molecule has 0 aromatic heterocycles. The molecular formula is C21H24ClFN2O. The molecule has 0 aliphatic carbocycles. The van der Waals surface area contributed by atoms with Crippen molar-refractivity contribution < 1.29 is 9.18 Å². The predicted molar refractivity (Wildman–Crippen MR) is 104 cm³/mol. The van der Waals surface area contributed by atoms with Crippen LogP contribution < -0.4 is 5.32 Å². The SMILES string of the molecule is Cc1cccc(C)c1NC(=O)C1CCCN(Cc2c(F)cccc2Cl)C1. The van der Waals surface area contributed by atoms with E-state index < -0.39 is 0 Å². The number of nitrogens with one attached hydrogen (secondary N) is 1. The van der Waals surface area contributed by atoms with E-state index in [2.05, 4.69) is 10.2 Å². The van der Waals surface area contributed by atoms with Crippen LogP contribution in [-0.4, -0.2) is 23.9 Å². The van der Waals surface area contributed by atoms with Gasteiger partial charge >= 0.3 is 0 Å². The van der Waals surface area contributed by atoms with Gasteiger partial charge < -0.3 is 5.32 Å². The second-order valence-corrected chi connectivity index (χ2v) is 7.44. The number of aryl methyl sites for hydroxylation is 2. The minimum atomic E-state index is -0.292. The first-order valence-electron chi connectivity index (χ1n) is 8.98. The first-order valence-corrected chi connectivity index (χ1v) is 9.36. The largest absolute Gasteiger partial charge is 0.325 e. The molecule has 0 saturated carbocycles. The van der Waals surface area contributed by atoms with E-state index in [9.17, 15) is 9.18 Å². The van der Waals surface area contributed by atoms with Crippen LogP contribution in [0.1, 0.15) is 29.5 Å². The monoisotopic (exact) mass is 374 g/mol. The number of anilines is 1. The zero-order valence-electron chi connectivity index (χ0n) is 15.2. The molecule has 0 radical (unpaired) electrons. The molecule has 1 heterocycles. The van der Waals surface area contributed by atoms with Gasteiger partial charge in [0.05, 0.1) is 5.92 Å². The van der Waals surface area contributed by atoms with Gasteiger partial charge in [0.15, 0.2) is 0 Å². The molecular weight excluding hydrogens is 351 g/mol. The Morgan fingerprint density at radius 2 is 1.92 bits per heavy atom. The van der Waals surface area contributed by atoms with Crippen molar-refractivity contribution in [3.63, 3.8) is 0 Å². The Hall–Kier alpha value is -1.91. The maximum absolute atomic E-state index is 14.0. The summed E-state index contributed by atoms with van der Waals surface area (Å²) in [6.07, 6.45) is 1.76. The maximum Gasteiger partial charge on any atom is 0.228 e. The van der Waals surface area contributed by atoms with E-state index >= 15 is 0 Å². The summed E-state index contributed by atoms with van der Waals surface area (Å²) < 4.78 is 14.0. The summed E-state index contributed by atoms with van der Waals surface area (Å²) in [6.45, 7) is 5.88. The first kappa shape index (κ1) is 18.9. The van der Waals surface area contributed by atoms with Gasteiger partial charge in [-0.1, -0.05) is 35.9 Å². The van der Waals surface area contributed by atoms with Crippen molar-refractivity contribution in [2.24, 2.45) is 5.92 Å². The Labute approximate surface area is 159 Å². The van der Waals surface area contributed by atoms with Crippen LogP contribution in [-0.2, 0) is 11.3 Å². The van der Waals surface area contributed by atoms with Crippen molar-refractivity contribution in [1.29, 1.82) is 0 Å². The fourth-order valence-electron chi connectivity index (χ4n) is 3.56. The number of benzene rings is 2. The number of halogens is 2. The van der Waals surface area contributed by atoms with E-state index in [1.807, 2.05) is 32.0 Å². The van der Waals surface area contributed by atoms with E-state index in [0.29, 0.717) is 23.7 Å². The Balaban J connectivity index is 1.67. The molecule has 138 valence electrons. The molecule has 1 amide bonds. The summed E-state index contributed by atoms with van der Waals surface area (Å²) in [5.74, 6) is -0.361. The second kappa shape index (κ2) is 8.19. The summed E-state index contributed by atoms with van der Waals surface area (Å²) in [6, 6.07) is 10.7. The lowest BCUT2D eigenvalue weighted by molar-refractivity contribution is -0.121. The Morgan fingerprint density at radius 3 is 2.62 bits per heavy atom. The number of nitrogens with zero attached hydrogens (tertiary/aromatic N) is 1. The molecule has 3 nitrogen and oxygen atoms in total. The highest BCUT2D eigenvalue weighted by molar-refractivity contribution is 6.31. The molecule has 2 aromatic carbocycles. The van der Waals surface area contributed by atoms with Crippen LogP contribution in [0.2, 0.25) is 5.02 Å². The predicted octanol–water partition coefficient (Wildman–Crippen LogP) is 4.95. The zero-order chi connectivity index (χ0) is 18.7. The molecule has 1 atom stereocenters. The summed E-state index contributed by atoms with van der Waals surface area (Å²) in [7, 11) is 0. The highest BCUT2D eigenvalue weighted by Gasteiger charge is 2.27. The number of carbonyl (C=O) groups excluding carboxylic acids is 1. The van der Waals surface area contributed by atoms with Gasteiger partial charge in [0.1, 0.15) is 5.82 Å². The molecule has 1 fully saturated rings. The normalized spacial score (nSPS) is 17.9. The van der Waals surface area contributed by atoms with Crippen LogP contribution in [0.5, 0.6) is 0 Å². The lowest BCUT2D eigenvalue weighted by Gasteiger charge is -2.32. The molecule has 1 aliphatic rings. The second-order valence-electron chi connectivity index (χ2n) is 7.03. The number of para-hydroxylation sites is 1. The minimum absolute atomic E-state index is 0.0340. The van der Waals surface area contributed by atoms with Crippen LogP contribution >= 0.6 is 11.6 Å². The lowest BCUT2D eigenvalue weighted by atomic mass is 9.96. The quantitative estimate of drug-likeness (QED) is 0.821. The van der Waals surface area contributed by atoms with Crippen molar-refractivity contribution in [3.05, 3.63) is 63.9 Å². The lowest BCUT2D eigenvalue weighted by Crippen LogP contribution is -2.40. The third-order valence-corrected chi connectivity index (χ3v) is 5.40. The van der Waals surface area contributed by atoms with Crippen molar-refractivity contribution >= 4 is 23.2 Å². The number of rotatable bonds is 4. The molecule has 1 aliphatic heterocycles. The molecule has 0 bridgehead atoms. The van der Waals surface area contributed by atoms with E-state index in [-0.39, 0.29) is 17.6 Å². The third-order valence-electron chi connectivity index (χ3n) is 5.05. The highest BCUT2D eigenvalue weighted by atomic mass is 35.5. The van der Waals surface area contributed by atoms with E-state index in [1.165, 1.54) is 6.07 Å². The van der Waals surface area contributed by atoms with Gasteiger partial charge in [-0.2, -0.15) is 0 Å². The van der Waals surface area contributed by atoms with Crippen LogP contribution in [0.15, 0.2) is 36.4 Å². The molecule has 1 N–H and O–H groups in total. The Morgan fingerprint density at radius 1 is 1.23 bits per heavy atom. The number of likely N-dealkylation sites (tertiary alicyclic amines) is 1. The minimum Gasteiger partial charge on any atom is -0.325 e. The number of piperidine rings is 1. The molecule has 1 unspecified atom stereocenters. The maximum atomic E-state index is 14.0. The topological polar surface area (TPSA) is 32.3 Å². The van der Waals surface area contributed by atoms with Crippen molar-refractivity contribution in [3.8, 4) is 0 Å². The molecule has 26 heavy (non-hydrogen) atoms. The summed E-state index contributed by atoms with van der Waals surface area (Å²) in [5, 5.41) is 3.53. The van der Waals surface area contributed by atoms with Crippen molar-refractivity contribution in [1.82, 2.24) is 4.90 Å². The summed E-state index contributed by atoms with van der Waals surface area (Å²) >= 11 is 6.14. The van der Waals surface area contributed by atoms with Gasteiger partial charge in [-0.25, -0.2) is 4.39 Å². The molecule has 5 heteroatoms. The standard InChI is InChI=1S/C21H24ClFN2O/c1-14-6-3-7-15(2)20(14)24-21(26)16-8-5-11-25(12-16)13-17-18(22)9-4-10-19(17)23/h3-4,6-7,9-10,16H,5,8,11-13H2,1-2H3,(H,24,26). The van der Waals surface area contributed by atoms with Crippen LogP contribution in [0.4, 0.5) is 10.1 Å². The Kier molecular flexibility index (Phi) is 5.94. The fourth-order valence-corrected chi connectivity index (χ4v) is 3.78. The average molecular weight is 375 g/mol. The highest BCUT2D eigenvalue weighted by Crippen LogP contribution is 2.26. The van der Waals surface area contributed by atoms with E-state index in [1.54, 1.807) is 12.1 Å². The number of carbonyl (C=O) groups is 1. The van der Waals surface area contributed by atoms with Gasteiger partial charge in [-0.3, -0.25) is 9.69 Å². The third kappa shape index (κ3) is 4.25. The van der Waals surface area contributed by atoms with Gasteiger partial charge in [-0.15, -0.1) is 0 Å². The van der Waals surface area contributed by atoms with Crippen molar-refractivity contribution in [2.75, 3.05) is 18.4 Å². The molecule has 3 rings (SSSR count). The van der Waals surface area contributed by atoms with Gasteiger partial charge in [0.2, 0.25) is 5.91 Å². The van der Waals surface area contributed by atoms with Gasteiger partial charge in [0.25, 0.3) is 0 Å². The first-order chi connectivity index (χ1) is 12.5. The van der Waals surface area contributed by atoms with Gasteiger partial charge in [0, 0.05) is 29.4 Å². The van der Waals surface area contributed by atoms with Crippen LogP contribution in [0.3, 0.4) is 0 Å². The summed E-state index contributed by atoms with van der Waals surface area (Å²) in [5.41, 5.74) is 3.52. The zero-order valence-corrected chi connectivity index (χ0v) is 15.9. The van der Waals surface area contributed by atoms with Crippen molar-refractivity contribution in [2.45, 2.75) is 33.2 Å². The van der Waals surface area contributed by atoms with Crippen LogP contribution in [0, 0.1) is 25.6 Å². The molecule has 1 saturated heterocycles. The smallest absolute Gasteiger partial charge is 0.228 e. The number of hydrogen-bond acceptors (Lipinski definition) is 2. The number of amides is 1. The fraction of sp³-hybridized carbons (Fsp3) is 0.381. The molecule has 2 aromatic rings. The molecule has 0 spiro atoms. The van der Waals surface area contributed by atoms with Gasteiger partial charge in [-0.05, 0) is 56.5 Å². The van der Waals surface area contributed by atoms with E-state index in [4.69, 9.17) is 11.6 Å². The average Bonchev–Trinajstić information content (AvgIpc) is 2.62. The summed E-state index contributed by atoms with van der Waals surface area (Å²) in [4.78, 5) is 14.9.